The van der Waals surface area contributed by atoms with Gasteiger partial charge in [0.1, 0.15) is 11.5 Å². The summed E-state index contributed by atoms with van der Waals surface area (Å²) in [6, 6.07) is 8.86. The zero-order valence-corrected chi connectivity index (χ0v) is 12.4. The standard InChI is InChI=1S/C14H13BrN2O3/c1-19-12-4-2-3-11(6-12)17-14(18)9-20-13-5-10(15)7-16-8-13/h2-8H,9H2,1H3,(H,17,18). The maximum absolute atomic E-state index is 11.8. The third-order valence-electron chi connectivity index (χ3n) is 2.40. The minimum Gasteiger partial charge on any atom is -0.497 e. The molecular formula is C14H13BrN2O3. The van der Waals surface area contributed by atoms with Crippen molar-refractivity contribution in [2.45, 2.75) is 0 Å². The maximum atomic E-state index is 11.8. The van der Waals surface area contributed by atoms with Gasteiger partial charge in [-0.2, -0.15) is 0 Å². The lowest BCUT2D eigenvalue weighted by Gasteiger charge is -2.08. The van der Waals surface area contributed by atoms with E-state index in [1.807, 2.05) is 0 Å². The molecule has 0 atom stereocenters. The van der Waals surface area contributed by atoms with Crippen LogP contribution in [0.4, 0.5) is 5.69 Å². The molecule has 0 radical (unpaired) electrons. The number of hydrogen-bond donors (Lipinski definition) is 1. The fraction of sp³-hybridized carbons (Fsp3) is 0.143. The Hall–Kier alpha value is -2.08. The van der Waals surface area contributed by atoms with Crippen molar-refractivity contribution in [3.05, 3.63) is 47.2 Å². The first kappa shape index (κ1) is 14.3. The second-order valence-corrected chi connectivity index (χ2v) is 4.82. The van der Waals surface area contributed by atoms with Gasteiger partial charge in [-0.05, 0) is 34.1 Å². The summed E-state index contributed by atoms with van der Waals surface area (Å²) in [5.41, 5.74) is 0.658. The minimum atomic E-state index is -0.252. The topological polar surface area (TPSA) is 60.5 Å². The number of amides is 1. The predicted octanol–water partition coefficient (Wildman–Crippen LogP) is 2.87. The number of nitrogens with zero attached hydrogens (tertiary/aromatic N) is 1. The Labute approximate surface area is 125 Å². The van der Waals surface area contributed by atoms with Crippen molar-refractivity contribution in [1.82, 2.24) is 4.98 Å². The van der Waals surface area contributed by atoms with Crippen LogP contribution < -0.4 is 14.8 Å². The molecule has 0 spiro atoms. The number of ether oxygens (including phenoxy) is 2. The molecule has 0 aliphatic heterocycles. The van der Waals surface area contributed by atoms with Crippen LogP contribution in [0, 0.1) is 0 Å². The molecule has 0 aliphatic rings. The highest BCUT2D eigenvalue weighted by atomic mass is 79.9. The first-order valence-electron chi connectivity index (χ1n) is 5.84. The van der Waals surface area contributed by atoms with E-state index in [1.54, 1.807) is 49.8 Å². The Morgan fingerprint density at radius 1 is 1.30 bits per heavy atom. The number of carbonyl (C=O) groups excluding carboxylic acids is 1. The van der Waals surface area contributed by atoms with Crippen LogP contribution in [-0.2, 0) is 4.79 Å². The van der Waals surface area contributed by atoms with E-state index in [2.05, 4.69) is 26.2 Å². The summed E-state index contributed by atoms with van der Waals surface area (Å²) in [4.78, 5) is 15.7. The second kappa shape index (κ2) is 6.91. The second-order valence-electron chi connectivity index (χ2n) is 3.91. The molecule has 2 rings (SSSR count). The lowest BCUT2D eigenvalue weighted by atomic mass is 10.3. The number of pyridine rings is 1. The lowest BCUT2D eigenvalue weighted by molar-refractivity contribution is -0.118. The Morgan fingerprint density at radius 3 is 2.90 bits per heavy atom. The Bertz CT molecular complexity index is 604. The Morgan fingerprint density at radius 2 is 2.15 bits per heavy atom. The summed E-state index contributed by atoms with van der Waals surface area (Å²) >= 11 is 3.28. The van der Waals surface area contributed by atoms with Crippen molar-refractivity contribution in [3.63, 3.8) is 0 Å². The zero-order chi connectivity index (χ0) is 14.4. The smallest absolute Gasteiger partial charge is 0.262 e. The zero-order valence-electron chi connectivity index (χ0n) is 10.8. The summed E-state index contributed by atoms with van der Waals surface area (Å²) in [6.07, 6.45) is 3.19. The number of halogens is 1. The van der Waals surface area contributed by atoms with Crippen LogP contribution in [0.25, 0.3) is 0 Å². The molecule has 0 aliphatic carbocycles. The molecule has 0 saturated heterocycles. The molecule has 0 bridgehead atoms. The van der Waals surface area contributed by atoms with Crippen molar-refractivity contribution in [1.29, 1.82) is 0 Å². The molecule has 1 amide bonds. The number of benzene rings is 1. The van der Waals surface area contributed by atoms with Crippen LogP contribution >= 0.6 is 15.9 Å². The molecule has 0 unspecified atom stereocenters. The molecule has 0 saturated carbocycles. The van der Waals surface area contributed by atoms with Crippen LogP contribution in [0.15, 0.2) is 47.2 Å². The highest BCUT2D eigenvalue weighted by Gasteiger charge is 2.05. The summed E-state index contributed by atoms with van der Waals surface area (Å²) in [7, 11) is 1.57. The van der Waals surface area contributed by atoms with Gasteiger partial charge < -0.3 is 14.8 Å². The third kappa shape index (κ3) is 4.24. The Kier molecular flexibility index (Phi) is 4.95. The van der Waals surface area contributed by atoms with Crippen LogP contribution in [-0.4, -0.2) is 24.6 Å². The Balaban J connectivity index is 1.89. The molecule has 1 aromatic carbocycles. The van der Waals surface area contributed by atoms with Gasteiger partial charge in [-0.15, -0.1) is 0 Å². The van der Waals surface area contributed by atoms with E-state index >= 15 is 0 Å². The average molecular weight is 337 g/mol. The van der Waals surface area contributed by atoms with Gasteiger partial charge >= 0.3 is 0 Å². The van der Waals surface area contributed by atoms with E-state index in [4.69, 9.17) is 9.47 Å². The molecule has 0 fully saturated rings. The molecule has 20 heavy (non-hydrogen) atoms. The van der Waals surface area contributed by atoms with E-state index in [0.717, 1.165) is 4.47 Å². The SMILES string of the molecule is COc1cccc(NC(=O)COc2cncc(Br)c2)c1. The summed E-state index contributed by atoms with van der Waals surface area (Å²) in [5.74, 6) is 0.957. The van der Waals surface area contributed by atoms with E-state index in [1.165, 1.54) is 0 Å². The van der Waals surface area contributed by atoms with Gasteiger partial charge in [0.15, 0.2) is 6.61 Å². The number of hydrogen-bond acceptors (Lipinski definition) is 4. The molecule has 5 nitrogen and oxygen atoms in total. The normalized spacial score (nSPS) is 9.90. The highest BCUT2D eigenvalue weighted by molar-refractivity contribution is 9.10. The molecule has 1 aromatic heterocycles. The van der Waals surface area contributed by atoms with Crippen LogP contribution in [0.3, 0.4) is 0 Å². The van der Waals surface area contributed by atoms with E-state index in [0.29, 0.717) is 17.2 Å². The maximum Gasteiger partial charge on any atom is 0.262 e. The molecule has 1 heterocycles. The first-order chi connectivity index (χ1) is 9.67. The molecule has 2 aromatic rings. The number of aromatic nitrogens is 1. The van der Waals surface area contributed by atoms with Crippen molar-refractivity contribution in [3.8, 4) is 11.5 Å². The van der Waals surface area contributed by atoms with Crippen molar-refractivity contribution in [2.24, 2.45) is 0 Å². The van der Waals surface area contributed by atoms with E-state index in [-0.39, 0.29) is 12.5 Å². The fourth-order valence-electron chi connectivity index (χ4n) is 1.52. The fourth-order valence-corrected chi connectivity index (χ4v) is 1.86. The summed E-state index contributed by atoms with van der Waals surface area (Å²) in [5, 5.41) is 2.73. The quantitative estimate of drug-likeness (QED) is 0.911. The van der Waals surface area contributed by atoms with Gasteiger partial charge in [0.2, 0.25) is 0 Å². The van der Waals surface area contributed by atoms with Gasteiger partial charge in [-0.3, -0.25) is 9.78 Å². The van der Waals surface area contributed by atoms with Crippen LogP contribution in [0.5, 0.6) is 11.5 Å². The average Bonchev–Trinajstić information content (AvgIpc) is 2.45. The number of carbonyl (C=O) groups is 1. The molecule has 6 heteroatoms. The van der Waals surface area contributed by atoms with Crippen LogP contribution in [0.1, 0.15) is 0 Å². The predicted molar refractivity (Wildman–Crippen MR) is 79.1 cm³/mol. The van der Waals surface area contributed by atoms with Gasteiger partial charge in [-0.25, -0.2) is 0 Å². The summed E-state index contributed by atoms with van der Waals surface area (Å²) < 4.78 is 11.2. The van der Waals surface area contributed by atoms with Crippen molar-refractivity contribution < 1.29 is 14.3 Å². The molecule has 104 valence electrons. The molecular weight excluding hydrogens is 324 g/mol. The van der Waals surface area contributed by atoms with Crippen LogP contribution in [0.2, 0.25) is 0 Å². The molecule has 1 N–H and O–H groups in total. The van der Waals surface area contributed by atoms with Gasteiger partial charge in [0.05, 0.1) is 13.3 Å². The van der Waals surface area contributed by atoms with Crippen molar-refractivity contribution in [2.75, 3.05) is 19.0 Å². The lowest BCUT2D eigenvalue weighted by Crippen LogP contribution is -2.20. The number of methoxy groups -OCH3 is 1. The number of rotatable bonds is 5. The van der Waals surface area contributed by atoms with E-state index < -0.39 is 0 Å². The van der Waals surface area contributed by atoms with Crippen molar-refractivity contribution >= 4 is 27.5 Å². The number of nitrogens with one attached hydrogen (secondary N) is 1. The highest BCUT2D eigenvalue weighted by Crippen LogP contribution is 2.17. The minimum absolute atomic E-state index is 0.0880. The largest absolute Gasteiger partial charge is 0.497 e. The number of anilines is 1. The van der Waals surface area contributed by atoms with Gasteiger partial charge in [-0.1, -0.05) is 6.07 Å². The first-order valence-corrected chi connectivity index (χ1v) is 6.64. The third-order valence-corrected chi connectivity index (χ3v) is 2.84. The summed E-state index contributed by atoms with van der Waals surface area (Å²) in [6.45, 7) is -0.0880. The van der Waals surface area contributed by atoms with Gasteiger partial charge in [0.25, 0.3) is 5.91 Å². The van der Waals surface area contributed by atoms with Gasteiger partial charge in [0, 0.05) is 22.4 Å². The van der Waals surface area contributed by atoms with E-state index in [9.17, 15) is 4.79 Å². The monoisotopic (exact) mass is 336 g/mol.